The van der Waals surface area contributed by atoms with Gasteiger partial charge in [0.15, 0.2) is 0 Å². The lowest BCUT2D eigenvalue weighted by atomic mass is 10.0. The van der Waals surface area contributed by atoms with Crippen LogP contribution in [0.15, 0.2) is 24.3 Å². The molecule has 17 heavy (non-hydrogen) atoms. The zero-order valence-corrected chi connectivity index (χ0v) is 9.82. The molecular formula is C14H17FO2. The molecule has 0 saturated heterocycles. The molecule has 1 aliphatic carbocycles. The number of ether oxygens (including phenoxy) is 1. The van der Waals surface area contributed by atoms with E-state index in [0.29, 0.717) is 12.3 Å². The second-order valence-electron chi connectivity index (χ2n) is 4.64. The normalized spacial score (nSPS) is 16.1. The number of halogens is 1. The molecule has 0 spiro atoms. The summed E-state index contributed by atoms with van der Waals surface area (Å²) in [6, 6.07) is 6.02. The number of benzene rings is 1. The lowest BCUT2D eigenvalue weighted by Gasteiger charge is -2.08. The molecule has 0 unspecified atom stereocenters. The van der Waals surface area contributed by atoms with Crippen molar-refractivity contribution >= 4 is 5.97 Å². The first kappa shape index (κ1) is 12.1. The first-order valence-corrected chi connectivity index (χ1v) is 6.14. The van der Waals surface area contributed by atoms with Gasteiger partial charge in [-0.15, -0.1) is 0 Å². The van der Waals surface area contributed by atoms with Crippen LogP contribution in [0.2, 0.25) is 0 Å². The van der Waals surface area contributed by atoms with Crippen LogP contribution in [0.4, 0.5) is 4.39 Å². The zero-order chi connectivity index (χ0) is 12.1. The Morgan fingerprint density at radius 1 is 1.24 bits per heavy atom. The summed E-state index contributed by atoms with van der Waals surface area (Å²) < 4.78 is 17.8. The number of rotatable bonds is 4. The third-order valence-electron chi connectivity index (χ3n) is 3.24. The molecule has 0 atom stereocenters. The van der Waals surface area contributed by atoms with Crippen molar-refractivity contribution in [2.45, 2.75) is 38.7 Å². The molecule has 1 aliphatic rings. The van der Waals surface area contributed by atoms with Gasteiger partial charge in [0.2, 0.25) is 0 Å². The van der Waals surface area contributed by atoms with Gasteiger partial charge in [0, 0.05) is 6.42 Å². The van der Waals surface area contributed by atoms with Gasteiger partial charge in [-0.05, 0) is 36.5 Å². The summed E-state index contributed by atoms with van der Waals surface area (Å²) in [6.45, 7) is 0.242. The van der Waals surface area contributed by atoms with Gasteiger partial charge in [0.05, 0.1) is 0 Å². The lowest BCUT2D eigenvalue weighted by molar-refractivity contribution is -0.146. The Labute approximate surface area is 101 Å². The number of hydrogen-bond donors (Lipinski definition) is 0. The first-order chi connectivity index (χ1) is 8.24. The van der Waals surface area contributed by atoms with Gasteiger partial charge in [-0.3, -0.25) is 4.79 Å². The highest BCUT2D eigenvalue weighted by atomic mass is 19.1. The van der Waals surface area contributed by atoms with Crippen molar-refractivity contribution in [3.05, 3.63) is 35.6 Å². The van der Waals surface area contributed by atoms with Gasteiger partial charge in [-0.1, -0.05) is 25.0 Å². The number of esters is 1. The van der Waals surface area contributed by atoms with Gasteiger partial charge >= 0.3 is 5.97 Å². The zero-order valence-electron chi connectivity index (χ0n) is 9.82. The van der Waals surface area contributed by atoms with E-state index in [1.807, 2.05) is 0 Å². The van der Waals surface area contributed by atoms with Crippen LogP contribution in [0.1, 0.15) is 37.7 Å². The van der Waals surface area contributed by atoms with E-state index in [4.69, 9.17) is 4.74 Å². The second kappa shape index (κ2) is 5.80. The smallest absolute Gasteiger partial charge is 0.306 e. The molecule has 0 aliphatic heterocycles. The van der Waals surface area contributed by atoms with Gasteiger partial charge < -0.3 is 4.74 Å². The summed E-state index contributed by atoms with van der Waals surface area (Å²) in [7, 11) is 0. The fourth-order valence-corrected chi connectivity index (χ4v) is 2.25. The standard InChI is InChI=1S/C14H17FO2/c15-13-7-5-12(6-8-13)10-17-14(16)9-11-3-1-2-4-11/h5-8,11H,1-4,9-10H2. The predicted octanol–water partition coefficient (Wildman–Crippen LogP) is 3.45. The van der Waals surface area contributed by atoms with Crippen LogP contribution in [-0.2, 0) is 16.1 Å². The largest absolute Gasteiger partial charge is 0.461 e. The molecule has 0 bridgehead atoms. The predicted molar refractivity (Wildman–Crippen MR) is 62.8 cm³/mol. The second-order valence-corrected chi connectivity index (χ2v) is 4.64. The molecule has 0 radical (unpaired) electrons. The molecule has 1 saturated carbocycles. The minimum absolute atomic E-state index is 0.138. The molecule has 2 nitrogen and oxygen atoms in total. The highest BCUT2D eigenvalue weighted by Crippen LogP contribution is 2.27. The Morgan fingerprint density at radius 2 is 1.88 bits per heavy atom. The number of hydrogen-bond acceptors (Lipinski definition) is 2. The van der Waals surface area contributed by atoms with Crippen LogP contribution >= 0.6 is 0 Å². The molecule has 3 heteroatoms. The van der Waals surface area contributed by atoms with Gasteiger partial charge in [-0.25, -0.2) is 4.39 Å². The SMILES string of the molecule is O=C(CC1CCCC1)OCc1ccc(F)cc1. The van der Waals surface area contributed by atoms with Crippen LogP contribution in [0.3, 0.4) is 0 Å². The third-order valence-corrected chi connectivity index (χ3v) is 3.24. The van der Waals surface area contributed by atoms with Crippen LogP contribution in [-0.4, -0.2) is 5.97 Å². The van der Waals surface area contributed by atoms with E-state index < -0.39 is 0 Å². The van der Waals surface area contributed by atoms with E-state index in [-0.39, 0.29) is 18.4 Å². The van der Waals surface area contributed by atoms with Crippen molar-refractivity contribution in [2.24, 2.45) is 5.92 Å². The summed E-state index contributed by atoms with van der Waals surface area (Å²) in [5.74, 6) is 0.1000. The molecule has 2 rings (SSSR count). The van der Waals surface area contributed by atoms with E-state index in [2.05, 4.69) is 0 Å². The van der Waals surface area contributed by atoms with Crippen molar-refractivity contribution in [1.82, 2.24) is 0 Å². The minimum atomic E-state index is -0.272. The molecule has 1 fully saturated rings. The van der Waals surface area contributed by atoms with Crippen LogP contribution in [0.25, 0.3) is 0 Å². The van der Waals surface area contributed by atoms with E-state index in [1.165, 1.54) is 25.0 Å². The average Bonchev–Trinajstić information content (AvgIpc) is 2.81. The maximum atomic E-state index is 12.6. The van der Waals surface area contributed by atoms with Crippen LogP contribution in [0.5, 0.6) is 0 Å². The molecule has 92 valence electrons. The topological polar surface area (TPSA) is 26.3 Å². The van der Waals surface area contributed by atoms with Gasteiger partial charge in [0.25, 0.3) is 0 Å². The summed E-state index contributed by atoms with van der Waals surface area (Å²) >= 11 is 0. The number of carbonyl (C=O) groups excluding carboxylic acids is 1. The fraction of sp³-hybridized carbons (Fsp3) is 0.500. The van der Waals surface area contributed by atoms with Crippen LogP contribution in [0, 0.1) is 11.7 Å². The van der Waals surface area contributed by atoms with E-state index in [0.717, 1.165) is 18.4 Å². The Balaban J connectivity index is 1.73. The first-order valence-electron chi connectivity index (χ1n) is 6.14. The minimum Gasteiger partial charge on any atom is -0.461 e. The average molecular weight is 236 g/mol. The molecular weight excluding hydrogens is 219 g/mol. The summed E-state index contributed by atoms with van der Waals surface area (Å²) in [5, 5.41) is 0. The summed E-state index contributed by atoms with van der Waals surface area (Å²) in [5.41, 5.74) is 0.825. The van der Waals surface area contributed by atoms with Gasteiger partial charge in [-0.2, -0.15) is 0 Å². The summed E-state index contributed by atoms with van der Waals surface area (Å²) in [6.07, 6.45) is 5.28. The third kappa shape index (κ3) is 3.84. The molecule has 0 N–H and O–H groups in total. The summed E-state index contributed by atoms with van der Waals surface area (Å²) in [4.78, 5) is 11.5. The maximum absolute atomic E-state index is 12.6. The Hall–Kier alpha value is -1.38. The van der Waals surface area contributed by atoms with Crippen molar-refractivity contribution in [2.75, 3.05) is 0 Å². The lowest BCUT2D eigenvalue weighted by Crippen LogP contribution is -2.09. The van der Waals surface area contributed by atoms with Crippen molar-refractivity contribution < 1.29 is 13.9 Å². The Kier molecular flexibility index (Phi) is 4.13. The maximum Gasteiger partial charge on any atom is 0.306 e. The monoisotopic (exact) mass is 236 g/mol. The van der Waals surface area contributed by atoms with Crippen molar-refractivity contribution in [3.8, 4) is 0 Å². The molecule has 1 aromatic rings. The quantitative estimate of drug-likeness (QED) is 0.748. The fourth-order valence-electron chi connectivity index (χ4n) is 2.25. The molecule has 0 aromatic heterocycles. The van der Waals surface area contributed by atoms with Crippen molar-refractivity contribution in [3.63, 3.8) is 0 Å². The highest BCUT2D eigenvalue weighted by Gasteiger charge is 2.19. The van der Waals surface area contributed by atoms with E-state index in [1.54, 1.807) is 12.1 Å². The Bertz CT molecular complexity index is 366. The molecule has 0 heterocycles. The van der Waals surface area contributed by atoms with Crippen LogP contribution < -0.4 is 0 Å². The highest BCUT2D eigenvalue weighted by molar-refractivity contribution is 5.69. The number of carbonyl (C=O) groups is 1. The Morgan fingerprint density at radius 3 is 2.53 bits per heavy atom. The van der Waals surface area contributed by atoms with Gasteiger partial charge in [0.1, 0.15) is 12.4 Å². The van der Waals surface area contributed by atoms with E-state index in [9.17, 15) is 9.18 Å². The van der Waals surface area contributed by atoms with E-state index >= 15 is 0 Å². The molecule has 0 amide bonds. The van der Waals surface area contributed by atoms with Crippen molar-refractivity contribution in [1.29, 1.82) is 0 Å². The molecule has 1 aromatic carbocycles.